The van der Waals surface area contributed by atoms with Crippen molar-refractivity contribution in [2.24, 2.45) is 0 Å². The molecule has 4 heteroatoms. The summed E-state index contributed by atoms with van der Waals surface area (Å²) in [5.74, 6) is 1.19. The summed E-state index contributed by atoms with van der Waals surface area (Å²) in [5.41, 5.74) is 1.54. The van der Waals surface area contributed by atoms with Crippen molar-refractivity contribution in [2.75, 3.05) is 14.2 Å². The molecule has 0 aliphatic rings. The Hall–Kier alpha value is -2.07. The fourth-order valence-electron chi connectivity index (χ4n) is 2.15. The van der Waals surface area contributed by atoms with Crippen molar-refractivity contribution in [1.29, 1.82) is 0 Å². The average molecular weight is 273 g/mol. The van der Waals surface area contributed by atoms with Crippen LogP contribution in [-0.2, 0) is 0 Å². The first kappa shape index (κ1) is 14.3. The normalized spacial score (nSPS) is 13.6. The summed E-state index contributed by atoms with van der Waals surface area (Å²) in [6.07, 6.45) is 1.01. The van der Waals surface area contributed by atoms with Crippen molar-refractivity contribution < 1.29 is 14.6 Å². The molecule has 2 unspecified atom stereocenters. The van der Waals surface area contributed by atoms with Gasteiger partial charge in [-0.05, 0) is 30.3 Å². The third-order valence-electron chi connectivity index (χ3n) is 3.38. The first-order valence-electron chi connectivity index (χ1n) is 6.48. The summed E-state index contributed by atoms with van der Waals surface area (Å²) in [7, 11) is 3.18. The zero-order chi connectivity index (χ0) is 14.5. The Bertz CT molecular complexity index is 557. The van der Waals surface area contributed by atoms with Crippen LogP contribution in [0.3, 0.4) is 0 Å². The van der Waals surface area contributed by atoms with E-state index in [9.17, 15) is 5.11 Å². The molecule has 0 fully saturated rings. The van der Waals surface area contributed by atoms with Gasteiger partial charge in [-0.1, -0.05) is 13.0 Å². The largest absolute Gasteiger partial charge is 0.497 e. The van der Waals surface area contributed by atoms with Gasteiger partial charge in [-0.3, -0.25) is 4.98 Å². The summed E-state index contributed by atoms with van der Waals surface area (Å²) in [6.45, 7) is 1.94. The maximum absolute atomic E-state index is 10.6. The van der Waals surface area contributed by atoms with Gasteiger partial charge in [0, 0.05) is 23.4 Å². The van der Waals surface area contributed by atoms with Crippen molar-refractivity contribution >= 4 is 0 Å². The van der Waals surface area contributed by atoms with Gasteiger partial charge >= 0.3 is 0 Å². The lowest BCUT2D eigenvalue weighted by Gasteiger charge is -2.21. The number of aromatic nitrogens is 1. The van der Waals surface area contributed by atoms with Crippen LogP contribution in [0.15, 0.2) is 42.6 Å². The minimum absolute atomic E-state index is 0.141. The molecule has 20 heavy (non-hydrogen) atoms. The summed E-state index contributed by atoms with van der Waals surface area (Å²) in [4.78, 5) is 4.29. The molecule has 1 heterocycles. The number of methoxy groups -OCH3 is 2. The van der Waals surface area contributed by atoms with Crippen molar-refractivity contribution in [3.05, 3.63) is 53.9 Å². The van der Waals surface area contributed by atoms with E-state index in [2.05, 4.69) is 4.98 Å². The van der Waals surface area contributed by atoms with E-state index in [0.29, 0.717) is 17.1 Å². The van der Waals surface area contributed by atoms with Crippen LogP contribution in [-0.4, -0.2) is 24.3 Å². The highest BCUT2D eigenvalue weighted by Crippen LogP contribution is 2.36. The summed E-state index contributed by atoms with van der Waals surface area (Å²) >= 11 is 0. The van der Waals surface area contributed by atoms with Crippen LogP contribution in [0.5, 0.6) is 11.5 Å². The van der Waals surface area contributed by atoms with Crippen molar-refractivity contribution in [3.63, 3.8) is 0 Å². The SMILES string of the molecule is COc1ccc(OC)c(C(O)C(C)c2ccccn2)c1. The molecule has 1 aromatic carbocycles. The molecule has 1 aromatic heterocycles. The Morgan fingerprint density at radius 3 is 2.50 bits per heavy atom. The summed E-state index contributed by atoms with van der Waals surface area (Å²) < 4.78 is 10.5. The number of pyridine rings is 1. The lowest BCUT2D eigenvalue weighted by molar-refractivity contribution is 0.146. The molecule has 4 nitrogen and oxygen atoms in total. The van der Waals surface area contributed by atoms with E-state index < -0.39 is 6.10 Å². The number of aliphatic hydroxyl groups is 1. The predicted molar refractivity (Wildman–Crippen MR) is 77.2 cm³/mol. The fraction of sp³-hybridized carbons (Fsp3) is 0.312. The van der Waals surface area contributed by atoms with Gasteiger partial charge < -0.3 is 14.6 Å². The maximum Gasteiger partial charge on any atom is 0.124 e. The van der Waals surface area contributed by atoms with Crippen LogP contribution in [0.25, 0.3) is 0 Å². The molecular formula is C16H19NO3. The molecule has 0 radical (unpaired) electrons. The van der Waals surface area contributed by atoms with Gasteiger partial charge in [0.15, 0.2) is 0 Å². The second-order valence-electron chi connectivity index (χ2n) is 4.60. The van der Waals surface area contributed by atoms with Crippen LogP contribution >= 0.6 is 0 Å². The lowest BCUT2D eigenvalue weighted by Crippen LogP contribution is -2.10. The number of benzene rings is 1. The Balaban J connectivity index is 2.34. The van der Waals surface area contributed by atoms with E-state index >= 15 is 0 Å². The van der Waals surface area contributed by atoms with Crippen LogP contribution < -0.4 is 9.47 Å². The highest BCUT2D eigenvalue weighted by Gasteiger charge is 2.23. The second kappa shape index (κ2) is 6.39. The topological polar surface area (TPSA) is 51.6 Å². The van der Waals surface area contributed by atoms with E-state index in [-0.39, 0.29) is 5.92 Å². The van der Waals surface area contributed by atoms with Crippen LogP contribution in [0.4, 0.5) is 0 Å². The number of aliphatic hydroxyl groups excluding tert-OH is 1. The lowest BCUT2D eigenvalue weighted by atomic mass is 9.93. The molecule has 0 aliphatic carbocycles. The number of hydrogen-bond donors (Lipinski definition) is 1. The zero-order valence-electron chi connectivity index (χ0n) is 11.9. The number of ether oxygens (including phenoxy) is 2. The molecule has 2 rings (SSSR count). The van der Waals surface area contributed by atoms with Gasteiger partial charge in [0.1, 0.15) is 11.5 Å². The third-order valence-corrected chi connectivity index (χ3v) is 3.38. The van der Waals surface area contributed by atoms with Gasteiger partial charge in [0.05, 0.1) is 20.3 Å². The Labute approximate surface area is 119 Å². The molecule has 0 amide bonds. The molecule has 0 spiro atoms. The average Bonchev–Trinajstić information content (AvgIpc) is 2.53. The van der Waals surface area contributed by atoms with Crippen LogP contribution in [0, 0.1) is 0 Å². The van der Waals surface area contributed by atoms with Gasteiger partial charge in [-0.15, -0.1) is 0 Å². The fourth-order valence-corrected chi connectivity index (χ4v) is 2.15. The predicted octanol–water partition coefficient (Wildman–Crippen LogP) is 2.94. The zero-order valence-corrected chi connectivity index (χ0v) is 11.9. The molecule has 0 aliphatic heterocycles. The van der Waals surface area contributed by atoms with E-state index in [1.807, 2.05) is 25.1 Å². The van der Waals surface area contributed by atoms with Gasteiger partial charge in [0.2, 0.25) is 0 Å². The number of hydrogen-bond acceptors (Lipinski definition) is 4. The van der Waals surface area contributed by atoms with Crippen molar-refractivity contribution in [3.8, 4) is 11.5 Å². The minimum Gasteiger partial charge on any atom is -0.497 e. The standard InChI is InChI=1S/C16H19NO3/c1-11(14-6-4-5-9-17-14)16(18)13-10-12(19-2)7-8-15(13)20-3/h4-11,16,18H,1-3H3. The van der Waals surface area contributed by atoms with Crippen molar-refractivity contribution in [2.45, 2.75) is 18.9 Å². The van der Waals surface area contributed by atoms with Gasteiger partial charge in [-0.2, -0.15) is 0 Å². The summed E-state index contributed by atoms with van der Waals surface area (Å²) in [5, 5.41) is 10.6. The summed E-state index contributed by atoms with van der Waals surface area (Å²) in [6, 6.07) is 11.1. The second-order valence-corrected chi connectivity index (χ2v) is 4.60. The van der Waals surface area contributed by atoms with E-state index in [0.717, 1.165) is 5.69 Å². The van der Waals surface area contributed by atoms with Crippen LogP contribution in [0.2, 0.25) is 0 Å². The third kappa shape index (κ3) is 2.91. The molecular weight excluding hydrogens is 254 g/mol. The first-order chi connectivity index (χ1) is 9.67. The maximum atomic E-state index is 10.6. The highest BCUT2D eigenvalue weighted by atomic mass is 16.5. The smallest absolute Gasteiger partial charge is 0.124 e. The van der Waals surface area contributed by atoms with Gasteiger partial charge in [0.25, 0.3) is 0 Å². The Morgan fingerprint density at radius 1 is 1.10 bits per heavy atom. The van der Waals surface area contributed by atoms with E-state index in [4.69, 9.17) is 9.47 Å². The Kier molecular flexibility index (Phi) is 4.58. The molecule has 0 saturated heterocycles. The first-order valence-corrected chi connectivity index (χ1v) is 6.48. The van der Waals surface area contributed by atoms with Gasteiger partial charge in [-0.25, -0.2) is 0 Å². The monoisotopic (exact) mass is 273 g/mol. The molecule has 106 valence electrons. The van der Waals surface area contributed by atoms with E-state index in [1.165, 1.54) is 0 Å². The molecule has 2 aromatic rings. The number of rotatable bonds is 5. The Morgan fingerprint density at radius 2 is 1.90 bits per heavy atom. The quantitative estimate of drug-likeness (QED) is 0.910. The molecule has 2 atom stereocenters. The molecule has 0 saturated carbocycles. The van der Waals surface area contributed by atoms with E-state index in [1.54, 1.807) is 38.6 Å². The molecule has 1 N–H and O–H groups in total. The molecule has 0 bridgehead atoms. The number of nitrogens with zero attached hydrogens (tertiary/aromatic N) is 1. The minimum atomic E-state index is -0.713. The highest BCUT2D eigenvalue weighted by molar-refractivity contribution is 5.42. The van der Waals surface area contributed by atoms with Crippen LogP contribution in [0.1, 0.15) is 30.2 Å². The van der Waals surface area contributed by atoms with Crippen molar-refractivity contribution in [1.82, 2.24) is 4.98 Å².